The molecule has 5 heteroatoms. The number of rotatable bonds is 6. The Balaban J connectivity index is 1.58. The molecule has 0 radical (unpaired) electrons. The van der Waals surface area contributed by atoms with Crippen LogP contribution in [0, 0.1) is 5.92 Å². The van der Waals surface area contributed by atoms with Crippen LogP contribution in [0.1, 0.15) is 30.1 Å². The van der Waals surface area contributed by atoms with Crippen LogP contribution >= 0.6 is 0 Å². The number of ether oxygens (including phenoxy) is 1. The van der Waals surface area contributed by atoms with Crippen molar-refractivity contribution in [2.75, 3.05) is 26.3 Å². The highest BCUT2D eigenvalue weighted by molar-refractivity contribution is 5.94. The molecule has 1 atom stereocenters. The Morgan fingerprint density at radius 3 is 2.87 bits per heavy atom. The molecule has 0 spiro atoms. The van der Waals surface area contributed by atoms with Gasteiger partial charge in [-0.25, -0.2) is 0 Å². The highest BCUT2D eigenvalue weighted by atomic mass is 16.5. The van der Waals surface area contributed by atoms with Crippen molar-refractivity contribution in [2.24, 2.45) is 5.92 Å². The van der Waals surface area contributed by atoms with Gasteiger partial charge < -0.3 is 9.64 Å². The third-order valence-corrected chi connectivity index (χ3v) is 4.22. The van der Waals surface area contributed by atoms with Gasteiger partial charge in [0.2, 0.25) is 0 Å². The number of nitrogens with zero attached hydrogens (tertiary/aromatic N) is 2. The van der Waals surface area contributed by atoms with E-state index >= 15 is 0 Å². The van der Waals surface area contributed by atoms with Crippen molar-refractivity contribution in [1.29, 1.82) is 0 Å². The molecule has 1 aliphatic rings. The van der Waals surface area contributed by atoms with Crippen LogP contribution in [0.4, 0.5) is 0 Å². The maximum Gasteiger partial charge on any atom is 0.253 e. The highest BCUT2D eigenvalue weighted by Gasteiger charge is 2.26. The average molecular weight is 313 g/mol. The van der Waals surface area contributed by atoms with Crippen LogP contribution in [0.2, 0.25) is 0 Å². The SMILES string of the molecule is CCCOCC1CCN(C(=O)c2ccc(-c3ccn[nH]3)cc2)C1. The fraction of sp³-hybridized carbons (Fsp3) is 0.444. The highest BCUT2D eigenvalue weighted by Crippen LogP contribution is 2.21. The van der Waals surface area contributed by atoms with E-state index < -0.39 is 0 Å². The molecule has 1 unspecified atom stereocenters. The van der Waals surface area contributed by atoms with Crippen molar-refractivity contribution in [1.82, 2.24) is 15.1 Å². The second kappa shape index (κ2) is 7.42. The van der Waals surface area contributed by atoms with E-state index in [9.17, 15) is 4.79 Å². The number of hydrogen-bond acceptors (Lipinski definition) is 3. The molecule has 1 fully saturated rings. The van der Waals surface area contributed by atoms with E-state index in [1.807, 2.05) is 35.2 Å². The molecule has 0 saturated carbocycles. The second-order valence-corrected chi connectivity index (χ2v) is 6.03. The summed E-state index contributed by atoms with van der Waals surface area (Å²) in [4.78, 5) is 14.5. The molecular formula is C18H23N3O2. The molecule has 1 aromatic carbocycles. The first-order chi connectivity index (χ1) is 11.3. The molecule has 1 aromatic heterocycles. The van der Waals surface area contributed by atoms with Crippen molar-refractivity contribution >= 4 is 5.91 Å². The molecule has 0 bridgehead atoms. The summed E-state index contributed by atoms with van der Waals surface area (Å²) in [7, 11) is 0. The smallest absolute Gasteiger partial charge is 0.253 e. The fourth-order valence-corrected chi connectivity index (χ4v) is 2.94. The third kappa shape index (κ3) is 3.79. The number of amides is 1. The number of benzene rings is 1. The Morgan fingerprint density at radius 2 is 2.17 bits per heavy atom. The summed E-state index contributed by atoms with van der Waals surface area (Å²) < 4.78 is 5.61. The van der Waals surface area contributed by atoms with Gasteiger partial charge in [-0.05, 0) is 36.6 Å². The number of carbonyl (C=O) groups excluding carboxylic acids is 1. The minimum absolute atomic E-state index is 0.110. The first-order valence-corrected chi connectivity index (χ1v) is 8.24. The van der Waals surface area contributed by atoms with Crippen LogP contribution in [0.3, 0.4) is 0 Å². The zero-order valence-corrected chi connectivity index (χ0v) is 13.5. The van der Waals surface area contributed by atoms with Gasteiger partial charge in [0.25, 0.3) is 5.91 Å². The number of hydrogen-bond donors (Lipinski definition) is 1. The van der Waals surface area contributed by atoms with Crippen LogP contribution in [0.5, 0.6) is 0 Å². The molecule has 122 valence electrons. The summed E-state index contributed by atoms with van der Waals surface area (Å²) in [6, 6.07) is 9.61. The van der Waals surface area contributed by atoms with E-state index in [-0.39, 0.29) is 5.91 Å². The fourth-order valence-electron chi connectivity index (χ4n) is 2.94. The molecule has 5 nitrogen and oxygen atoms in total. The van der Waals surface area contributed by atoms with Gasteiger partial charge in [-0.15, -0.1) is 0 Å². The third-order valence-electron chi connectivity index (χ3n) is 4.22. The normalized spacial score (nSPS) is 17.6. The molecular weight excluding hydrogens is 290 g/mol. The lowest BCUT2D eigenvalue weighted by molar-refractivity contribution is 0.0754. The van der Waals surface area contributed by atoms with E-state index in [2.05, 4.69) is 17.1 Å². The largest absolute Gasteiger partial charge is 0.381 e. The van der Waals surface area contributed by atoms with Crippen molar-refractivity contribution in [3.8, 4) is 11.3 Å². The molecule has 1 saturated heterocycles. The van der Waals surface area contributed by atoms with Gasteiger partial charge in [-0.3, -0.25) is 9.89 Å². The summed E-state index contributed by atoms with van der Waals surface area (Å²) in [6.45, 7) is 5.29. The van der Waals surface area contributed by atoms with Gasteiger partial charge in [-0.1, -0.05) is 19.1 Å². The molecule has 1 aliphatic heterocycles. The molecule has 1 amide bonds. The van der Waals surface area contributed by atoms with Crippen molar-refractivity contribution in [3.63, 3.8) is 0 Å². The number of likely N-dealkylation sites (tertiary alicyclic amines) is 1. The maximum atomic E-state index is 12.6. The Hall–Kier alpha value is -2.14. The van der Waals surface area contributed by atoms with Gasteiger partial charge in [-0.2, -0.15) is 5.10 Å². The quantitative estimate of drug-likeness (QED) is 0.834. The Labute approximate surface area is 136 Å². The Bertz CT molecular complexity index is 622. The van der Waals surface area contributed by atoms with Crippen LogP contribution in [0.25, 0.3) is 11.3 Å². The molecule has 0 aliphatic carbocycles. The lowest BCUT2D eigenvalue weighted by atomic mass is 10.1. The van der Waals surface area contributed by atoms with Crippen molar-refractivity contribution < 1.29 is 9.53 Å². The predicted octanol–water partition coefficient (Wildman–Crippen LogP) is 2.97. The number of nitrogens with one attached hydrogen (secondary N) is 1. The Morgan fingerprint density at radius 1 is 1.35 bits per heavy atom. The monoisotopic (exact) mass is 313 g/mol. The van der Waals surface area contributed by atoms with Gasteiger partial charge in [0, 0.05) is 37.4 Å². The van der Waals surface area contributed by atoms with E-state index in [0.717, 1.165) is 56.0 Å². The standard InChI is InChI=1S/C18H23N3O2/c1-2-11-23-13-14-8-10-21(12-14)18(22)16-5-3-15(4-6-16)17-7-9-19-20-17/h3-7,9,14H,2,8,10-13H2,1H3,(H,19,20). The summed E-state index contributed by atoms with van der Waals surface area (Å²) in [6.07, 6.45) is 3.79. The Kier molecular flexibility index (Phi) is 5.08. The molecule has 23 heavy (non-hydrogen) atoms. The van der Waals surface area contributed by atoms with Crippen molar-refractivity contribution in [3.05, 3.63) is 42.1 Å². The van der Waals surface area contributed by atoms with Crippen LogP contribution in [-0.4, -0.2) is 47.3 Å². The summed E-state index contributed by atoms with van der Waals surface area (Å²) >= 11 is 0. The first kappa shape index (κ1) is 15.7. The molecule has 3 rings (SSSR count). The van der Waals surface area contributed by atoms with Crippen LogP contribution in [-0.2, 0) is 4.74 Å². The second-order valence-electron chi connectivity index (χ2n) is 6.03. The summed E-state index contributed by atoms with van der Waals surface area (Å²) in [5, 5.41) is 6.87. The first-order valence-electron chi connectivity index (χ1n) is 8.24. The molecule has 2 heterocycles. The van der Waals surface area contributed by atoms with Gasteiger partial charge in [0.05, 0.1) is 12.3 Å². The number of aromatic amines is 1. The van der Waals surface area contributed by atoms with E-state index in [0.29, 0.717) is 5.92 Å². The zero-order chi connectivity index (χ0) is 16.1. The van der Waals surface area contributed by atoms with E-state index in [4.69, 9.17) is 4.74 Å². The molecule has 1 N–H and O–H groups in total. The number of aromatic nitrogens is 2. The average Bonchev–Trinajstić information content (AvgIpc) is 3.27. The van der Waals surface area contributed by atoms with E-state index in [1.54, 1.807) is 6.20 Å². The maximum absolute atomic E-state index is 12.6. The van der Waals surface area contributed by atoms with E-state index in [1.165, 1.54) is 0 Å². The van der Waals surface area contributed by atoms with Gasteiger partial charge in [0.1, 0.15) is 0 Å². The summed E-state index contributed by atoms with van der Waals surface area (Å²) in [5.74, 6) is 0.578. The minimum Gasteiger partial charge on any atom is -0.381 e. The predicted molar refractivity (Wildman–Crippen MR) is 89.1 cm³/mol. The number of H-pyrrole nitrogens is 1. The lowest BCUT2D eigenvalue weighted by Crippen LogP contribution is -2.29. The zero-order valence-electron chi connectivity index (χ0n) is 13.5. The van der Waals surface area contributed by atoms with Crippen molar-refractivity contribution in [2.45, 2.75) is 19.8 Å². The van der Waals surface area contributed by atoms with Crippen LogP contribution in [0.15, 0.2) is 36.5 Å². The number of carbonyl (C=O) groups is 1. The molecule has 2 aromatic rings. The minimum atomic E-state index is 0.110. The lowest BCUT2D eigenvalue weighted by Gasteiger charge is -2.17. The van der Waals surface area contributed by atoms with Gasteiger partial charge >= 0.3 is 0 Å². The summed E-state index contributed by atoms with van der Waals surface area (Å²) in [5.41, 5.74) is 2.73. The van der Waals surface area contributed by atoms with Crippen LogP contribution < -0.4 is 0 Å². The topological polar surface area (TPSA) is 58.2 Å². The van der Waals surface area contributed by atoms with Gasteiger partial charge in [0.15, 0.2) is 0 Å².